The number of carbonyl (C=O) groups is 3. The lowest BCUT2D eigenvalue weighted by molar-refractivity contribution is -0.165. The van der Waals surface area contributed by atoms with Gasteiger partial charge in [0.2, 0.25) is 0 Å². The van der Waals surface area contributed by atoms with Crippen molar-refractivity contribution in [3.8, 4) is 0 Å². The number of amides is 1. The Bertz CT molecular complexity index is 485. The van der Waals surface area contributed by atoms with Gasteiger partial charge in [-0.2, -0.15) is 0 Å². The van der Waals surface area contributed by atoms with Crippen molar-refractivity contribution in [2.45, 2.75) is 25.5 Å². The minimum atomic E-state index is -0.819. The number of carbonyl (C=O) groups excluding carboxylic acids is 3. The Kier molecular flexibility index (Phi) is 4.12. The summed E-state index contributed by atoms with van der Waals surface area (Å²) in [6, 6.07) is 8.35. The molecule has 1 N–H and O–H groups in total. The fraction of sp³-hybridized carbons (Fsp3) is 0.308. The van der Waals surface area contributed by atoms with Crippen molar-refractivity contribution in [1.29, 1.82) is 0 Å². The van der Waals surface area contributed by atoms with Crippen molar-refractivity contribution in [2.75, 3.05) is 0 Å². The quantitative estimate of drug-likeness (QED) is 0.653. The van der Waals surface area contributed by atoms with Gasteiger partial charge in [-0.3, -0.25) is 4.79 Å². The summed E-state index contributed by atoms with van der Waals surface area (Å²) in [7, 11) is 0. The molecule has 2 rings (SSSR count). The molecular weight excluding hydrogens is 250 g/mol. The second-order valence-electron chi connectivity index (χ2n) is 4.09. The normalized spacial score (nSPS) is 18.6. The predicted octanol–water partition coefficient (Wildman–Crippen LogP) is 1.15. The lowest BCUT2D eigenvalue weighted by Gasteiger charge is -2.20. The van der Waals surface area contributed by atoms with E-state index in [1.54, 1.807) is 0 Å². The van der Waals surface area contributed by atoms with Gasteiger partial charge in [-0.15, -0.1) is 0 Å². The summed E-state index contributed by atoms with van der Waals surface area (Å²) in [6.45, 7) is 0.118. The molecule has 1 aromatic rings. The molecule has 1 aromatic carbocycles. The maximum Gasteiger partial charge on any atom is 0.408 e. The topological polar surface area (TPSA) is 81.7 Å². The number of alkyl carbamates (subject to hydrolysis) is 1. The first kappa shape index (κ1) is 13.1. The predicted molar refractivity (Wildman–Crippen MR) is 63.9 cm³/mol. The van der Waals surface area contributed by atoms with Gasteiger partial charge in [0, 0.05) is 6.42 Å². The third-order valence-corrected chi connectivity index (χ3v) is 2.64. The average molecular weight is 263 g/mol. The van der Waals surface area contributed by atoms with Crippen LogP contribution in [-0.4, -0.2) is 24.1 Å². The fourth-order valence-electron chi connectivity index (χ4n) is 1.65. The van der Waals surface area contributed by atoms with Crippen molar-refractivity contribution in [3.05, 3.63) is 35.9 Å². The second kappa shape index (κ2) is 5.99. The van der Waals surface area contributed by atoms with Crippen molar-refractivity contribution in [1.82, 2.24) is 5.32 Å². The molecule has 1 saturated heterocycles. The number of ether oxygens (including phenoxy) is 2. The molecule has 1 unspecified atom stereocenters. The number of rotatable bonds is 3. The highest BCUT2D eigenvalue weighted by Crippen LogP contribution is 2.09. The van der Waals surface area contributed by atoms with E-state index in [1.165, 1.54) is 0 Å². The molecule has 1 fully saturated rings. The minimum absolute atomic E-state index is 0.107. The van der Waals surface area contributed by atoms with Crippen LogP contribution in [-0.2, 0) is 25.7 Å². The van der Waals surface area contributed by atoms with Crippen molar-refractivity contribution in [3.63, 3.8) is 0 Å². The Morgan fingerprint density at radius 3 is 2.74 bits per heavy atom. The summed E-state index contributed by atoms with van der Waals surface area (Å²) in [5.74, 6) is -1.31. The van der Waals surface area contributed by atoms with Crippen LogP contribution in [0.4, 0.5) is 4.79 Å². The fourth-order valence-corrected chi connectivity index (χ4v) is 1.65. The Morgan fingerprint density at radius 1 is 1.32 bits per heavy atom. The lowest BCUT2D eigenvalue weighted by atomic mass is 10.1. The standard InChI is InChI=1S/C13H13NO5/c15-11-7-6-10(12(16)19-11)14-13(17)18-8-9-4-2-1-3-5-9/h1-5,10H,6-8H2,(H,14,17). The molecule has 0 saturated carbocycles. The highest BCUT2D eigenvalue weighted by Gasteiger charge is 2.30. The number of nitrogens with one attached hydrogen (secondary N) is 1. The molecule has 0 radical (unpaired) electrons. The zero-order valence-electron chi connectivity index (χ0n) is 10.1. The molecule has 6 heteroatoms. The number of esters is 2. The van der Waals surface area contributed by atoms with Gasteiger partial charge in [0.05, 0.1) is 0 Å². The van der Waals surface area contributed by atoms with Crippen molar-refractivity contribution >= 4 is 18.0 Å². The Balaban J connectivity index is 1.78. The molecule has 1 aliphatic rings. The van der Waals surface area contributed by atoms with Crippen LogP contribution in [0.1, 0.15) is 18.4 Å². The van der Waals surface area contributed by atoms with Crippen LogP contribution in [0.15, 0.2) is 30.3 Å². The molecule has 1 amide bonds. The number of cyclic esters (lactones) is 2. The van der Waals surface area contributed by atoms with E-state index in [1.807, 2.05) is 30.3 Å². The maximum absolute atomic E-state index is 11.5. The summed E-state index contributed by atoms with van der Waals surface area (Å²) in [4.78, 5) is 33.6. The van der Waals surface area contributed by atoms with Crippen LogP contribution in [0.2, 0.25) is 0 Å². The van der Waals surface area contributed by atoms with Gasteiger partial charge in [0.1, 0.15) is 12.6 Å². The van der Waals surface area contributed by atoms with Crippen LogP contribution in [0, 0.1) is 0 Å². The van der Waals surface area contributed by atoms with Gasteiger partial charge in [-0.05, 0) is 12.0 Å². The summed E-state index contributed by atoms with van der Waals surface area (Å²) in [5, 5.41) is 2.37. The highest BCUT2D eigenvalue weighted by atomic mass is 16.6. The van der Waals surface area contributed by atoms with E-state index >= 15 is 0 Å². The maximum atomic E-state index is 11.5. The number of benzene rings is 1. The average Bonchev–Trinajstić information content (AvgIpc) is 2.41. The molecule has 0 bridgehead atoms. The Hall–Kier alpha value is -2.37. The summed E-state index contributed by atoms with van der Waals surface area (Å²) in [6.07, 6.45) is -0.367. The molecule has 1 aliphatic heterocycles. The Labute approximate surface area is 109 Å². The highest BCUT2D eigenvalue weighted by molar-refractivity contribution is 5.92. The monoisotopic (exact) mass is 263 g/mol. The van der Waals surface area contributed by atoms with Crippen LogP contribution >= 0.6 is 0 Å². The molecule has 19 heavy (non-hydrogen) atoms. The molecule has 0 aromatic heterocycles. The largest absolute Gasteiger partial charge is 0.445 e. The van der Waals surface area contributed by atoms with Gasteiger partial charge in [0.25, 0.3) is 0 Å². The van der Waals surface area contributed by atoms with Crippen LogP contribution in [0.5, 0.6) is 0 Å². The molecule has 1 heterocycles. The van der Waals surface area contributed by atoms with Crippen LogP contribution in [0.3, 0.4) is 0 Å². The number of hydrogen-bond donors (Lipinski definition) is 1. The van der Waals surface area contributed by atoms with Gasteiger partial charge in [0.15, 0.2) is 0 Å². The first-order chi connectivity index (χ1) is 9.15. The molecule has 100 valence electrons. The van der Waals surface area contributed by atoms with Gasteiger partial charge < -0.3 is 14.8 Å². The zero-order chi connectivity index (χ0) is 13.7. The van der Waals surface area contributed by atoms with Crippen molar-refractivity contribution in [2.24, 2.45) is 0 Å². The molecule has 0 aliphatic carbocycles. The third kappa shape index (κ3) is 3.80. The first-order valence-corrected chi connectivity index (χ1v) is 5.87. The van der Waals surface area contributed by atoms with Crippen molar-refractivity contribution < 1.29 is 23.9 Å². The zero-order valence-corrected chi connectivity index (χ0v) is 10.1. The molecular formula is C13H13NO5. The number of hydrogen-bond acceptors (Lipinski definition) is 5. The molecule has 1 atom stereocenters. The van der Waals surface area contributed by atoms with E-state index < -0.39 is 24.1 Å². The summed E-state index contributed by atoms with van der Waals surface area (Å²) >= 11 is 0. The molecule has 0 spiro atoms. The second-order valence-corrected chi connectivity index (χ2v) is 4.09. The van der Waals surface area contributed by atoms with E-state index in [0.717, 1.165) is 5.56 Å². The third-order valence-electron chi connectivity index (χ3n) is 2.64. The molecule has 6 nitrogen and oxygen atoms in total. The minimum Gasteiger partial charge on any atom is -0.445 e. The Morgan fingerprint density at radius 2 is 2.05 bits per heavy atom. The van der Waals surface area contributed by atoms with E-state index in [4.69, 9.17) is 4.74 Å². The summed E-state index contributed by atoms with van der Waals surface area (Å²) in [5.41, 5.74) is 0.846. The smallest absolute Gasteiger partial charge is 0.408 e. The van der Waals surface area contributed by atoms with Gasteiger partial charge >= 0.3 is 18.0 Å². The van der Waals surface area contributed by atoms with E-state index in [-0.39, 0.29) is 19.4 Å². The van der Waals surface area contributed by atoms with Crippen LogP contribution < -0.4 is 5.32 Å². The van der Waals surface area contributed by atoms with E-state index in [0.29, 0.717) is 0 Å². The van der Waals surface area contributed by atoms with Gasteiger partial charge in [-0.1, -0.05) is 30.3 Å². The summed E-state index contributed by atoms with van der Waals surface area (Å²) < 4.78 is 9.38. The first-order valence-electron chi connectivity index (χ1n) is 5.87. The van der Waals surface area contributed by atoms with Crippen LogP contribution in [0.25, 0.3) is 0 Å². The van der Waals surface area contributed by atoms with E-state index in [2.05, 4.69) is 10.1 Å². The van der Waals surface area contributed by atoms with E-state index in [9.17, 15) is 14.4 Å². The lowest BCUT2D eigenvalue weighted by Crippen LogP contribution is -2.45. The SMILES string of the molecule is O=C1CCC(NC(=O)OCc2ccccc2)C(=O)O1. The van der Waals surface area contributed by atoms with Gasteiger partial charge in [-0.25, -0.2) is 9.59 Å².